The molecule has 0 aliphatic carbocycles. The Balaban J connectivity index is 0.00000137. The molecule has 0 saturated heterocycles. The van der Waals surface area contributed by atoms with Crippen LogP contribution in [0.25, 0.3) is 0 Å². The van der Waals surface area contributed by atoms with Crippen LogP contribution in [0.2, 0.25) is 0 Å². The molecule has 0 aliphatic rings. The highest BCUT2D eigenvalue weighted by atomic mass is 79.9. The lowest BCUT2D eigenvalue weighted by atomic mass is 10.3. The molecule has 0 radical (unpaired) electrons. The number of nitrogens with one attached hydrogen (secondary N) is 1. The van der Waals surface area contributed by atoms with Gasteiger partial charge >= 0.3 is 0 Å². The van der Waals surface area contributed by atoms with Crippen LogP contribution in [0, 0.1) is 0 Å². The quantitative estimate of drug-likeness (QED) is 0.647. The number of nitrogens with zero attached hydrogens (tertiary/aromatic N) is 2. The van der Waals surface area contributed by atoms with Gasteiger partial charge in [-0.25, -0.2) is 9.97 Å². The van der Waals surface area contributed by atoms with Crippen LogP contribution < -0.4 is 11.1 Å². The van der Waals surface area contributed by atoms with Crippen LogP contribution in [-0.2, 0) is 0 Å². The van der Waals surface area contributed by atoms with Gasteiger partial charge in [0, 0.05) is 18.4 Å². The highest BCUT2D eigenvalue weighted by molar-refractivity contribution is 9.08. The second-order valence-electron chi connectivity index (χ2n) is 3.23. The summed E-state index contributed by atoms with van der Waals surface area (Å²) in [4.78, 5) is 8.04. The molecule has 1 aromatic heterocycles. The average Bonchev–Trinajstić information content (AvgIpc) is 2.40. The van der Waals surface area contributed by atoms with Crippen molar-refractivity contribution in [2.24, 2.45) is 0 Å². The van der Waals surface area contributed by atoms with Crippen LogP contribution in [0.4, 0.5) is 11.6 Å². The van der Waals surface area contributed by atoms with Gasteiger partial charge in [0.2, 0.25) is 0 Å². The zero-order valence-electron chi connectivity index (χ0n) is 10.7. The van der Waals surface area contributed by atoms with E-state index >= 15 is 0 Å². The van der Waals surface area contributed by atoms with Gasteiger partial charge in [-0.2, -0.15) is 0 Å². The molecule has 0 bridgehead atoms. The van der Waals surface area contributed by atoms with Gasteiger partial charge in [0.25, 0.3) is 0 Å². The number of aromatic nitrogens is 2. The Morgan fingerprint density at radius 1 is 1.28 bits per heavy atom. The van der Waals surface area contributed by atoms with Crippen molar-refractivity contribution in [1.29, 1.82) is 0 Å². The Labute approximate surface area is 117 Å². The van der Waals surface area contributed by atoms with Gasteiger partial charge in [-0.3, -0.25) is 0 Å². The van der Waals surface area contributed by atoms with E-state index in [1.165, 1.54) is 0 Å². The Kier molecular flexibility index (Phi) is 9.58. The molecule has 1 aromatic rings. The molecule has 0 spiro atoms. The number of rotatable bonds is 5. The zero-order chi connectivity index (χ0) is 13.8. The van der Waals surface area contributed by atoms with Crippen molar-refractivity contribution in [3.63, 3.8) is 0 Å². The van der Waals surface area contributed by atoms with E-state index in [2.05, 4.69) is 37.8 Å². The molecule has 1 atom stereocenters. The van der Waals surface area contributed by atoms with Crippen LogP contribution in [0.1, 0.15) is 6.92 Å². The van der Waals surface area contributed by atoms with Crippen molar-refractivity contribution in [1.82, 2.24) is 9.97 Å². The summed E-state index contributed by atoms with van der Waals surface area (Å²) in [5.41, 5.74) is 5.66. The molecule has 0 unspecified atom stereocenters. The lowest BCUT2D eigenvalue weighted by Crippen LogP contribution is -2.14. The van der Waals surface area contributed by atoms with Crippen LogP contribution in [-0.4, -0.2) is 21.8 Å². The number of alkyl halides is 1. The monoisotopic (exact) mass is 310 g/mol. The van der Waals surface area contributed by atoms with E-state index in [4.69, 9.17) is 5.73 Å². The molecule has 0 amide bonds. The second-order valence-corrected chi connectivity index (χ2v) is 3.23. The third kappa shape index (κ3) is 6.85. The maximum atomic E-state index is 5.66. The van der Waals surface area contributed by atoms with Crippen molar-refractivity contribution in [3.05, 3.63) is 49.4 Å². The van der Waals surface area contributed by atoms with Crippen molar-refractivity contribution in [3.8, 4) is 0 Å². The number of anilines is 2. The number of nitrogen functional groups attached to an aromatic ring is 1. The average molecular weight is 311 g/mol. The Morgan fingerprint density at radius 2 is 1.94 bits per heavy atom. The Morgan fingerprint density at radius 3 is 2.56 bits per heavy atom. The summed E-state index contributed by atoms with van der Waals surface area (Å²) in [5.74, 6) is 2.82. The van der Waals surface area contributed by atoms with Gasteiger partial charge in [0.15, 0.2) is 11.6 Å². The molecule has 3 N–H and O–H groups in total. The van der Waals surface area contributed by atoms with E-state index in [1.807, 2.05) is 37.1 Å². The topological polar surface area (TPSA) is 63.8 Å². The van der Waals surface area contributed by atoms with E-state index in [1.54, 1.807) is 18.5 Å². The number of hydrogen-bond donors (Lipinski definition) is 2. The third-order valence-corrected chi connectivity index (χ3v) is 1.85. The standard InChI is InChI=1S/C12H16N4.CH3Br/c1-3-4-5-6-7-10(2)16-12-11(13)14-8-9-15-12;1-2/h3-10H,1H2,2H3,(H2,13,14)(H,15,16);1H3/b5-4-,7-6+;/t10-;/m0./s1. The minimum absolute atomic E-state index is 0.133. The van der Waals surface area contributed by atoms with E-state index in [0.717, 1.165) is 0 Å². The summed E-state index contributed by atoms with van der Waals surface area (Å²) in [7, 11) is 0. The molecule has 0 aliphatic heterocycles. The van der Waals surface area contributed by atoms with Crippen molar-refractivity contribution >= 4 is 27.6 Å². The first-order chi connectivity index (χ1) is 8.74. The van der Waals surface area contributed by atoms with E-state index in [-0.39, 0.29) is 6.04 Å². The van der Waals surface area contributed by atoms with Gasteiger partial charge in [0.05, 0.1) is 0 Å². The van der Waals surface area contributed by atoms with Gasteiger partial charge < -0.3 is 11.1 Å². The zero-order valence-corrected chi connectivity index (χ0v) is 12.3. The molecule has 1 rings (SSSR count). The lowest BCUT2D eigenvalue weighted by molar-refractivity contribution is 0.976. The highest BCUT2D eigenvalue weighted by Crippen LogP contribution is 2.11. The number of hydrogen-bond acceptors (Lipinski definition) is 4. The molecule has 0 fully saturated rings. The smallest absolute Gasteiger partial charge is 0.169 e. The van der Waals surface area contributed by atoms with Crippen molar-refractivity contribution in [2.45, 2.75) is 13.0 Å². The largest absolute Gasteiger partial charge is 0.381 e. The first kappa shape index (κ1) is 16.4. The minimum atomic E-state index is 0.133. The molecule has 0 saturated carbocycles. The molecule has 1 heterocycles. The SMILES string of the molecule is C=C/C=C\C=C\[C@H](C)Nc1nccnc1N.CBr. The number of nitrogens with two attached hydrogens (primary N) is 1. The predicted molar refractivity (Wildman–Crippen MR) is 82.9 cm³/mol. The van der Waals surface area contributed by atoms with Crippen LogP contribution in [0.15, 0.2) is 49.4 Å². The summed E-state index contributed by atoms with van der Waals surface area (Å²) in [6, 6.07) is 0.133. The summed E-state index contributed by atoms with van der Waals surface area (Å²) >= 11 is 2.94. The molecular formula is C13H19BrN4. The van der Waals surface area contributed by atoms with E-state index < -0.39 is 0 Å². The second kappa shape index (κ2) is 10.5. The van der Waals surface area contributed by atoms with Crippen molar-refractivity contribution < 1.29 is 0 Å². The van der Waals surface area contributed by atoms with Crippen molar-refractivity contribution in [2.75, 3.05) is 16.9 Å². The normalized spacial score (nSPS) is 11.9. The fraction of sp³-hybridized carbons (Fsp3) is 0.231. The summed E-state index contributed by atoms with van der Waals surface area (Å²) in [6.45, 7) is 5.59. The minimum Gasteiger partial charge on any atom is -0.381 e. The Bertz CT molecular complexity index is 402. The summed E-state index contributed by atoms with van der Waals surface area (Å²) < 4.78 is 0. The van der Waals surface area contributed by atoms with E-state index in [9.17, 15) is 0 Å². The molecule has 18 heavy (non-hydrogen) atoms. The van der Waals surface area contributed by atoms with Gasteiger partial charge in [-0.1, -0.05) is 52.9 Å². The molecule has 5 heteroatoms. The summed E-state index contributed by atoms with van der Waals surface area (Å²) in [5, 5.41) is 3.14. The van der Waals surface area contributed by atoms with Gasteiger partial charge in [-0.15, -0.1) is 0 Å². The maximum Gasteiger partial charge on any atom is 0.169 e. The predicted octanol–water partition coefficient (Wildman–Crippen LogP) is 3.17. The summed E-state index contributed by atoms with van der Waals surface area (Å²) in [6.07, 6.45) is 12.6. The number of halogens is 1. The fourth-order valence-corrected chi connectivity index (χ4v) is 1.10. The fourth-order valence-electron chi connectivity index (χ4n) is 1.10. The molecule has 0 aromatic carbocycles. The molecule has 4 nitrogen and oxygen atoms in total. The van der Waals surface area contributed by atoms with Crippen LogP contribution >= 0.6 is 15.9 Å². The number of allylic oxidation sites excluding steroid dienone is 4. The van der Waals surface area contributed by atoms with Gasteiger partial charge in [0.1, 0.15) is 0 Å². The molecule has 98 valence electrons. The highest BCUT2D eigenvalue weighted by Gasteiger charge is 2.02. The first-order valence-electron chi connectivity index (χ1n) is 5.40. The van der Waals surface area contributed by atoms with Crippen LogP contribution in [0.3, 0.4) is 0 Å². The first-order valence-corrected chi connectivity index (χ1v) is 6.99. The van der Waals surface area contributed by atoms with Gasteiger partial charge in [-0.05, 0) is 12.8 Å². The Hall–Kier alpha value is -1.62. The third-order valence-electron chi connectivity index (χ3n) is 1.85. The molecular weight excluding hydrogens is 292 g/mol. The van der Waals surface area contributed by atoms with Crippen LogP contribution in [0.5, 0.6) is 0 Å². The van der Waals surface area contributed by atoms with E-state index in [0.29, 0.717) is 11.6 Å². The lowest BCUT2D eigenvalue weighted by Gasteiger charge is -2.10. The maximum absolute atomic E-state index is 5.66.